The average molecular weight is 306 g/mol. The number of alkyl halides is 3. The van der Waals surface area contributed by atoms with Gasteiger partial charge in [0.1, 0.15) is 12.0 Å². The van der Waals surface area contributed by atoms with Crippen LogP contribution in [0.2, 0.25) is 0 Å². The molecule has 0 aromatic heterocycles. The molecule has 2 rings (SSSR count). The monoisotopic (exact) mass is 306 g/mol. The van der Waals surface area contributed by atoms with E-state index in [0.717, 1.165) is 25.7 Å². The molecule has 1 aliphatic heterocycles. The average Bonchev–Trinajstić information content (AvgIpc) is 2.40. The summed E-state index contributed by atoms with van der Waals surface area (Å²) in [5.41, 5.74) is 0. The summed E-state index contributed by atoms with van der Waals surface area (Å²) in [6, 6.07) is -1.79. The van der Waals surface area contributed by atoms with E-state index in [1.165, 1.54) is 0 Å². The third-order valence-corrected chi connectivity index (χ3v) is 4.45. The minimum atomic E-state index is -4.45. The molecule has 2 N–H and O–H groups in total. The minimum absolute atomic E-state index is 0.0434. The molecule has 0 aromatic rings. The Morgan fingerprint density at radius 3 is 2.29 bits per heavy atom. The molecule has 1 saturated heterocycles. The van der Waals surface area contributed by atoms with E-state index in [1.807, 2.05) is 5.32 Å². The third kappa shape index (κ3) is 4.11. The second kappa shape index (κ2) is 6.23. The number of nitrogens with one attached hydrogen (secondary N) is 2. The molecule has 0 bridgehead atoms. The van der Waals surface area contributed by atoms with E-state index in [1.54, 1.807) is 0 Å². The summed E-state index contributed by atoms with van der Waals surface area (Å²) in [6.07, 6.45) is -0.953. The molecular weight excluding hydrogens is 285 g/mol. The van der Waals surface area contributed by atoms with Gasteiger partial charge in [0.25, 0.3) is 0 Å². The van der Waals surface area contributed by atoms with Gasteiger partial charge in [-0.15, -0.1) is 0 Å². The summed E-state index contributed by atoms with van der Waals surface area (Å²) in [5, 5.41) is 4.72. The highest BCUT2D eigenvalue weighted by molar-refractivity contribution is 6.01. The van der Waals surface area contributed by atoms with Crippen LogP contribution in [0.5, 0.6) is 0 Å². The van der Waals surface area contributed by atoms with Gasteiger partial charge in [-0.2, -0.15) is 13.2 Å². The Hall–Kier alpha value is -1.27. The predicted octanol–water partition coefficient (Wildman–Crippen LogP) is 2.14. The zero-order valence-corrected chi connectivity index (χ0v) is 12.0. The molecule has 0 aromatic carbocycles. The number of hydrogen-bond acceptors (Lipinski definition) is 2. The van der Waals surface area contributed by atoms with Gasteiger partial charge in [-0.3, -0.25) is 9.59 Å². The number of amides is 2. The molecule has 2 fully saturated rings. The first-order valence-corrected chi connectivity index (χ1v) is 7.45. The molecule has 0 radical (unpaired) electrons. The van der Waals surface area contributed by atoms with E-state index < -0.39 is 30.0 Å². The van der Waals surface area contributed by atoms with Crippen molar-refractivity contribution in [1.82, 2.24) is 10.6 Å². The molecule has 120 valence electrons. The summed E-state index contributed by atoms with van der Waals surface area (Å²) in [6.45, 7) is 2.16. The Balaban J connectivity index is 1.85. The van der Waals surface area contributed by atoms with E-state index >= 15 is 0 Å². The first-order chi connectivity index (χ1) is 9.77. The molecule has 4 nitrogen and oxygen atoms in total. The lowest BCUT2D eigenvalue weighted by Crippen LogP contribution is -2.55. The first-order valence-electron chi connectivity index (χ1n) is 7.45. The SMILES string of the molecule is CC1CCC(NC(=O)[C@@H]2CC[C@@H](C(F)(F)F)NC2=O)CC1. The van der Waals surface area contributed by atoms with Gasteiger partial charge >= 0.3 is 6.18 Å². The van der Waals surface area contributed by atoms with Crippen molar-refractivity contribution in [2.24, 2.45) is 11.8 Å². The fourth-order valence-corrected chi connectivity index (χ4v) is 3.01. The van der Waals surface area contributed by atoms with Crippen LogP contribution in [0.1, 0.15) is 45.4 Å². The van der Waals surface area contributed by atoms with Gasteiger partial charge in [-0.05, 0) is 44.4 Å². The summed E-state index contributed by atoms with van der Waals surface area (Å²) in [5.74, 6) is -1.61. The number of carbonyl (C=O) groups is 2. The number of halogens is 3. The summed E-state index contributed by atoms with van der Waals surface area (Å²) in [4.78, 5) is 23.8. The smallest absolute Gasteiger partial charge is 0.353 e. The van der Waals surface area contributed by atoms with Gasteiger partial charge in [0.05, 0.1) is 0 Å². The van der Waals surface area contributed by atoms with Gasteiger partial charge < -0.3 is 10.6 Å². The van der Waals surface area contributed by atoms with Crippen molar-refractivity contribution in [3.05, 3.63) is 0 Å². The van der Waals surface area contributed by atoms with Crippen LogP contribution >= 0.6 is 0 Å². The van der Waals surface area contributed by atoms with Crippen molar-refractivity contribution in [2.45, 2.75) is 63.7 Å². The van der Waals surface area contributed by atoms with Gasteiger partial charge in [-0.25, -0.2) is 0 Å². The van der Waals surface area contributed by atoms with Gasteiger partial charge in [0.15, 0.2) is 0 Å². The molecule has 1 saturated carbocycles. The van der Waals surface area contributed by atoms with Crippen LogP contribution in [0.25, 0.3) is 0 Å². The summed E-state index contributed by atoms with van der Waals surface area (Å²) < 4.78 is 37.6. The fourth-order valence-electron chi connectivity index (χ4n) is 3.01. The zero-order chi connectivity index (χ0) is 15.6. The van der Waals surface area contributed by atoms with E-state index in [4.69, 9.17) is 0 Å². The van der Waals surface area contributed by atoms with Crippen molar-refractivity contribution in [1.29, 1.82) is 0 Å². The highest BCUT2D eigenvalue weighted by atomic mass is 19.4. The standard InChI is InChI=1S/C14H21F3N2O2/c1-8-2-4-9(5-3-8)18-12(20)10-6-7-11(14(15,16)17)19-13(10)21/h8-11H,2-7H2,1H3,(H,18,20)(H,19,21)/t8?,9?,10-,11-/m0/s1. The second-order valence-electron chi connectivity index (χ2n) is 6.20. The lowest BCUT2D eigenvalue weighted by molar-refractivity contribution is -0.171. The molecule has 0 unspecified atom stereocenters. The molecule has 1 heterocycles. The zero-order valence-electron chi connectivity index (χ0n) is 12.0. The maximum atomic E-state index is 12.5. The maximum Gasteiger partial charge on any atom is 0.408 e. The predicted molar refractivity (Wildman–Crippen MR) is 70.3 cm³/mol. The molecule has 2 atom stereocenters. The Kier molecular flexibility index (Phi) is 4.78. The molecular formula is C14H21F3N2O2. The van der Waals surface area contributed by atoms with Crippen molar-refractivity contribution in [3.8, 4) is 0 Å². The minimum Gasteiger partial charge on any atom is -0.353 e. The molecule has 2 amide bonds. The van der Waals surface area contributed by atoms with E-state index in [9.17, 15) is 22.8 Å². The van der Waals surface area contributed by atoms with Crippen molar-refractivity contribution < 1.29 is 22.8 Å². The van der Waals surface area contributed by atoms with Gasteiger partial charge in [0, 0.05) is 6.04 Å². The van der Waals surface area contributed by atoms with Crippen LogP contribution in [0.4, 0.5) is 13.2 Å². The number of hydrogen-bond donors (Lipinski definition) is 2. The highest BCUT2D eigenvalue weighted by Crippen LogP contribution is 2.29. The van der Waals surface area contributed by atoms with E-state index in [2.05, 4.69) is 12.2 Å². The Labute approximate surface area is 121 Å². The topological polar surface area (TPSA) is 58.2 Å². The van der Waals surface area contributed by atoms with Crippen LogP contribution < -0.4 is 10.6 Å². The second-order valence-corrected chi connectivity index (χ2v) is 6.20. The van der Waals surface area contributed by atoms with Crippen LogP contribution in [0.15, 0.2) is 0 Å². The number of rotatable bonds is 2. The number of carbonyl (C=O) groups excluding carboxylic acids is 2. The normalized spacial score (nSPS) is 34.2. The molecule has 0 spiro atoms. The van der Waals surface area contributed by atoms with E-state index in [-0.39, 0.29) is 18.9 Å². The van der Waals surface area contributed by atoms with Gasteiger partial charge in [0.2, 0.25) is 11.8 Å². The highest BCUT2D eigenvalue weighted by Gasteiger charge is 2.46. The maximum absolute atomic E-state index is 12.5. The summed E-state index contributed by atoms with van der Waals surface area (Å²) >= 11 is 0. The lowest BCUT2D eigenvalue weighted by Gasteiger charge is -2.32. The Morgan fingerprint density at radius 1 is 1.14 bits per heavy atom. The summed E-state index contributed by atoms with van der Waals surface area (Å²) in [7, 11) is 0. The molecule has 21 heavy (non-hydrogen) atoms. The van der Waals surface area contributed by atoms with Crippen LogP contribution in [-0.4, -0.2) is 30.1 Å². The third-order valence-electron chi connectivity index (χ3n) is 4.45. The first kappa shape index (κ1) is 16.1. The lowest BCUT2D eigenvalue weighted by atomic mass is 9.86. The molecule has 2 aliphatic rings. The molecule has 1 aliphatic carbocycles. The van der Waals surface area contributed by atoms with Crippen molar-refractivity contribution in [3.63, 3.8) is 0 Å². The molecule has 7 heteroatoms. The Bertz CT molecular complexity index is 404. The fraction of sp³-hybridized carbons (Fsp3) is 0.857. The largest absolute Gasteiger partial charge is 0.408 e. The van der Waals surface area contributed by atoms with Gasteiger partial charge in [-0.1, -0.05) is 6.92 Å². The van der Waals surface area contributed by atoms with Crippen LogP contribution in [0.3, 0.4) is 0 Å². The quantitative estimate of drug-likeness (QED) is 0.768. The Morgan fingerprint density at radius 2 is 1.76 bits per heavy atom. The van der Waals surface area contributed by atoms with Crippen LogP contribution in [0, 0.1) is 11.8 Å². The van der Waals surface area contributed by atoms with Crippen molar-refractivity contribution in [2.75, 3.05) is 0 Å². The van der Waals surface area contributed by atoms with Crippen molar-refractivity contribution >= 4 is 11.8 Å². The van der Waals surface area contributed by atoms with E-state index in [0.29, 0.717) is 5.92 Å². The number of piperidine rings is 1. The van der Waals surface area contributed by atoms with Crippen LogP contribution in [-0.2, 0) is 9.59 Å².